The topological polar surface area (TPSA) is 76.3 Å². The van der Waals surface area contributed by atoms with Gasteiger partial charge in [-0.15, -0.1) is 10.2 Å². The Morgan fingerprint density at radius 2 is 2.04 bits per heavy atom. The first kappa shape index (κ1) is 18.4. The minimum absolute atomic E-state index is 0.0152. The third kappa shape index (κ3) is 5.28. The van der Waals surface area contributed by atoms with Crippen molar-refractivity contribution in [3.8, 4) is 0 Å². The number of aromatic nitrogens is 2. The quantitative estimate of drug-likeness (QED) is 0.793. The Morgan fingerprint density at radius 1 is 1.30 bits per heavy atom. The smallest absolute Gasteiger partial charge is 0.220 e. The summed E-state index contributed by atoms with van der Waals surface area (Å²) >= 11 is 0. The first-order valence-corrected chi connectivity index (χ1v) is 10.1. The summed E-state index contributed by atoms with van der Waals surface area (Å²) in [7, 11) is -3.16. The highest BCUT2D eigenvalue weighted by Gasteiger charge is 2.32. The van der Waals surface area contributed by atoms with Crippen LogP contribution in [0.2, 0.25) is 0 Å². The Labute approximate surface area is 139 Å². The van der Waals surface area contributed by atoms with Crippen molar-refractivity contribution in [1.29, 1.82) is 0 Å². The fourth-order valence-corrected chi connectivity index (χ4v) is 4.54. The van der Waals surface area contributed by atoms with Gasteiger partial charge >= 0.3 is 0 Å². The fraction of sp³-hybridized carbons (Fsp3) is 0.875. The standard InChI is InChI=1S/C16H29N3O3S/c1-5-6-10-23(20,21)19-9-7-8-13(12-19)15-18-17-14(22-15)11-16(2,3)4/h13H,5-12H2,1-4H3. The van der Waals surface area contributed by atoms with E-state index in [9.17, 15) is 8.42 Å². The van der Waals surface area contributed by atoms with E-state index in [1.165, 1.54) is 0 Å². The molecule has 2 heterocycles. The molecule has 7 heteroatoms. The third-order valence-corrected chi connectivity index (χ3v) is 5.97. The number of unbranched alkanes of at least 4 members (excludes halogenated alkanes) is 1. The van der Waals surface area contributed by atoms with Gasteiger partial charge in [0, 0.05) is 19.5 Å². The summed E-state index contributed by atoms with van der Waals surface area (Å²) in [6, 6.07) is 0. The van der Waals surface area contributed by atoms with E-state index in [-0.39, 0.29) is 17.1 Å². The fourth-order valence-electron chi connectivity index (χ4n) is 2.81. The van der Waals surface area contributed by atoms with E-state index < -0.39 is 10.0 Å². The zero-order valence-corrected chi connectivity index (χ0v) is 15.5. The Bertz CT molecular complexity index is 604. The second-order valence-corrected chi connectivity index (χ2v) is 9.73. The van der Waals surface area contributed by atoms with Crippen molar-refractivity contribution in [2.45, 2.75) is 65.7 Å². The molecule has 1 unspecified atom stereocenters. The first-order chi connectivity index (χ1) is 10.7. The molecule has 1 aliphatic heterocycles. The molecule has 0 aromatic carbocycles. The summed E-state index contributed by atoms with van der Waals surface area (Å²) in [5.41, 5.74) is 0.0892. The predicted molar refractivity (Wildman–Crippen MR) is 89.7 cm³/mol. The maximum Gasteiger partial charge on any atom is 0.220 e. The van der Waals surface area contributed by atoms with Gasteiger partial charge < -0.3 is 4.42 Å². The molecule has 0 bridgehead atoms. The molecule has 23 heavy (non-hydrogen) atoms. The van der Waals surface area contributed by atoms with Crippen LogP contribution < -0.4 is 0 Å². The van der Waals surface area contributed by atoms with Gasteiger partial charge in [0.15, 0.2) is 0 Å². The molecule has 1 aromatic heterocycles. The van der Waals surface area contributed by atoms with E-state index in [1.807, 2.05) is 6.92 Å². The molecule has 0 aliphatic carbocycles. The lowest BCUT2D eigenvalue weighted by Gasteiger charge is -2.30. The molecule has 0 amide bonds. The number of sulfonamides is 1. The van der Waals surface area contributed by atoms with E-state index in [0.29, 0.717) is 31.3 Å². The molecule has 0 spiro atoms. The minimum atomic E-state index is -3.16. The average Bonchev–Trinajstić information content (AvgIpc) is 2.92. The second kappa shape index (κ2) is 7.30. The van der Waals surface area contributed by atoms with Crippen LogP contribution in [0.1, 0.15) is 71.1 Å². The molecule has 0 saturated carbocycles. The van der Waals surface area contributed by atoms with Gasteiger partial charge in [0.05, 0.1) is 11.7 Å². The Balaban J connectivity index is 2.04. The van der Waals surface area contributed by atoms with E-state index >= 15 is 0 Å². The molecule has 2 rings (SSSR count). The van der Waals surface area contributed by atoms with E-state index in [0.717, 1.165) is 25.7 Å². The van der Waals surface area contributed by atoms with Gasteiger partial charge in [-0.2, -0.15) is 0 Å². The predicted octanol–water partition coefficient (Wildman–Crippen LogP) is 2.97. The summed E-state index contributed by atoms with van der Waals surface area (Å²) in [6.45, 7) is 9.44. The van der Waals surface area contributed by atoms with Gasteiger partial charge in [-0.05, 0) is 24.7 Å². The molecule has 132 valence electrons. The normalized spacial score (nSPS) is 20.8. The van der Waals surface area contributed by atoms with Gasteiger partial charge in [-0.3, -0.25) is 0 Å². The number of nitrogens with zero attached hydrogens (tertiary/aromatic N) is 3. The van der Waals surface area contributed by atoms with Crippen LogP contribution in [0.3, 0.4) is 0 Å². The van der Waals surface area contributed by atoms with Crippen LogP contribution in [0.15, 0.2) is 4.42 Å². The molecular formula is C16H29N3O3S. The van der Waals surface area contributed by atoms with Crippen molar-refractivity contribution in [1.82, 2.24) is 14.5 Å². The average molecular weight is 343 g/mol. The number of hydrogen-bond acceptors (Lipinski definition) is 5. The zero-order valence-electron chi connectivity index (χ0n) is 14.7. The second-order valence-electron chi connectivity index (χ2n) is 7.64. The molecular weight excluding hydrogens is 314 g/mol. The van der Waals surface area contributed by atoms with Gasteiger partial charge in [-0.1, -0.05) is 34.1 Å². The number of hydrogen-bond donors (Lipinski definition) is 0. The van der Waals surface area contributed by atoms with E-state index in [1.54, 1.807) is 4.31 Å². The molecule has 6 nitrogen and oxygen atoms in total. The highest BCUT2D eigenvalue weighted by Crippen LogP contribution is 2.29. The largest absolute Gasteiger partial charge is 0.425 e. The molecule has 1 saturated heterocycles. The van der Waals surface area contributed by atoms with Crippen LogP contribution in [-0.4, -0.2) is 41.8 Å². The van der Waals surface area contributed by atoms with Crippen LogP contribution in [0.5, 0.6) is 0 Å². The molecule has 1 aliphatic rings. The van der Waals surface area contributed by atoms with Gasteiger partial charge in [0.1, 0.15) is 0 Å². The first-order valence-electron chi connectivity index (χ1n) is 8.51. The molecule has 0 radical (unpaired) electrons. The Morgan fingerprint density at radius 3 is 2.70 bits per heavy atom. The minimum Gasteiger partial charge on any atom is -0.425 e. The third-order valence-electron chi connectivity index (χ3n) is 4.05. The lowest BCUT2D eigenvalue weighted by Crippen LogP contribution is -2.40. The molecule has 1 aromatic rings. The SMILES string of the molecule is CCCCS(=O)(=O)N1CCCC(c2nnc(CC(C)(C)C)o2)C1. The lowest BCUT2D eigenvalue weighted by molar-refractivity contribution is 0.274. The van der Waals surface area contributed by atoms with Crippen molar-refractivity contribution in [3.63, 3.8) is 0 Å². The van der Waals surface area contributed by atoms with Gasteiger partial charge in [-0.25, -0.2) is 12.7 Å². The summed E-state index contributed by atoms with van der Waals surface area (Å²) in [5, 5.41) is 8.29. The van der Waals surface area contributed by atoms with E-state index in [2.05, 4.69) is 31.0 Å². The summed E-state index contributed by atoms with van der Waals surface area (Å²) in [4.78, 5) is 0. The van der Waals surface area contributed by atoms with Gasteiger partial charge in [0.25, 0.3) is 0 Å². The van der Waals surface area contributed by atoms with Crippen molar-refractivity contribution in [2.75, 3.05) is 18.8 Å². The highest BCUT2D eigenvalue weighted by molar-refractivity contribution is 7.89. The van der Waals surface area contributed by atoms with Crippen molar-refractivity contribution in [3.05, 3.63) is 11.8 Å². The lowest BCUT2D eigenvalue weighted by atomic mass is 9.92. The molecule has 0 N–H and O–H groups in total. The van der Waals surface area contributed by atoms with Crippen LogP contribution in [0.25, 0.3) is 0 Å². The highest BCUT2D eigenvalue weighted by atomic mass is 32.2. The van der Waals surface area contributed by atoms with Crippen LogP contribution in [0, 0.1) is 5.41 Å². The summed E-state index contributed by atoms with van der Waals surface area (Å²) in [6.07, 6.45) is 4.06. The number of piperidine rings is 1. The van der Waals surface area contributed by atoms with Gasteiger partial charge in [0.2, 0.25) is 21.8 Å². The molecule has 1 fully saturated rings. The number of rotatable bonds is 6. The van der Waals surface area contributed by atoms with Crippen molar-refractivity contribution < 1.29 is 12.8 Å². The molecule has 1 atom stereocenters. The van der Waals surface area contributed by atoms with E-state index in [4.69, 9.17) is 4.42 Å². The summed E-state index contributed by atoms with van der Waals surface area (Å²) < 4.78 is 32.1. The van der Waals surface area contributed by atoms with Crippen molar-refractivity contribution >= 4 is 10.0 Å². The Hall–Kier alpha value is -0.950. The van der Waals surface area contributed by atoms with Crippen LogP contribution >= 0.6 is 0 Å². The maximum atomic E-state index is 12.4. The van der Waals surface area contributed by atoms with Crippen molar-refractivity contribution in [2.24, 2.45) is 5.41 Å². The monoisotopic (exact) mass is 343 g/mol. The summed E-state index contributed by atoms with van der Waals surface area (Å²) in [5.74, 6) is 1.47. The Kier molecular flexibility index (Phi) is 5.84. The van der Waals surface area contributed by atoms with Crippen LogP contribution in [0.4, 0.5) is 0 Å². The zero-order chi connectivity index (χ0) is 17.1. The van der Waals surface area contributed by atoms with Crippen LogP contribution in [-0.2, 0) is 16.4 Å². The maximum absolute atomic E-state index is 12.4.